The van der Waals surface area contributed by atoms with Crippen molar-refractivity contribution in [3.05, 3.63) is 81.9 Å². The van der Waals surface area contributed by atoms with Gasteiger partial charge in [-0.05, 0) is 73.0 Å². The fourth-order valence-corrected chi connectivity index (χ4v) is 5.77. The number of rotatable bonds is 8. The maximum absolute atomic E-state index is 14.0. The van der Waals surface area contributed by atoms with Crippen LogP contribution in [0.25, 0.3) is 16.6 Å². The molecule has 0 radical (unpaired) electrons. The van der Waals surface area contributed by atoms with Gasteiger partial charge in [-0.1, -0.05) is 32.9 Å². The van der Waals surface area contributed by atoms with Crippen molar-refractivity contribution in [2.24, 2.45) is 18.9 Å². The van der Waals surface area contributed by atoms with Crippen molar-refractivity contribution in [1.82, 2.24) is 29.6 Å². The van der Waals surface area contributed by atoms with E-state index in [0.717, 1.165) is 36.7 Å². The Morgan fingerprint density at radius 2 is 1.92 bits per heavy atom. The van der Waals surface area contributed by atoms with Crippen LogP contribution in [-0.2, 0) is 25.2 Å². The number of hydrogen-bond donors (Lipinski definition) is 1. The Morgan fingerprint density at radius 1 is 1.15 bits per heavy atom. The summed E-state index contributed by atoms with van der Waals surface area (Å²) >= 11 is 0. The zero-order valence-electron chi connectivity index (χ0n) is 22.6. The van der Waals surface area contributed by atoms with Gasteiger partial charge in [0, 0.05) is 13.6 Å². The summed E-state index contributed by atoms with van der Waals surface area (Å²) in [5.41, 5.74) is -0.192. The van der Waals surface area contributed by atoms with Crippen molar-refractivity contribution in [3.8, 4) is 5.69 Å². The molecule has 206 valence electrons. The van der Waals surface area contributed by atoms with Crippen LogP contribution < -0.4 is 10.9 Å². The molecule has 39 heavy (non-hydrogen) atoms. The summed E-state index contributed by atoms with van der Waals surface area (Å²) in [5, 5.41) is 11.6. The minimum atomic E-state index is -4.64. The first-order valence-corrected chi connectivity index (χ1v) is 13.3. The molecular weight excluding hydrogens is 505 g/mol. The molecule has 0 saturated heterocycles. The van der Waals surface area contributed by atoms with Crippen LogP contribution in [0.3, 0.4) is 0 Å². The third-order valence-electron chi connectivity index (χ3n) is 7.66. The van der Waals surface area contributed by atoms with Gasteiger partial charge in [0.15, 0.2) is 0 Å². The summed E-state index contributed by atoms with van der Waals surface area (Å²) in [5.74, 6) is 1.83. The zero-order chi connectivity index (χ0) is 27.9. The van der Waals surface area contributed by atoms with Gasteiger partial charge in [0.05, 0.1) is 27.6 Å². The second kappa shape index (κ2) is 10.2. The first-order chi connectivity index (χ1) is 18.5. The highest BCUT2D eigenvalue weighted by Crippen LogP contribution is 2.51. The number of alkyl halides is 3. The first-order valence-electron chi connectivity index (χ1n) is 13.3. The van der Waals surface area contributed by atoms with Crippen LogP contribution in [0.15, 0.2) is 53.8 Å². The number of benzene rings is 2. The molecule has 0 amide bonds. The van der Waals surface area contributed by atoms with Crippen LogP contribution in [0.4, 0.5) is 13.2 Å². The molecule has 4 aromatic rings. The summed E-state index contributed by atoms with van der Waals surface area (Å²) in [6.45, 7) is 7.26. The standard InChI is InChI=1S/C29H33F3N6O/c1-18(2)8-9-33-15-20-10-23-25(24(11-20)29(30,31)32)34-16-38(26(23)39)22-7-5-6-21(12-22)28(13-19(3)14-28)27-36-35-17-37(27)4/h5-7,10-12,16-19,33H,8-9,13-15H2,1-4H3. The quantitative estimate of drug-likeness (QED) is 0.305. The lowest BCUT2D eigenvalue weighted by Crippen LogP contribution is -2.43. The normalized spacial score (nSPS) is 19.5. The summed E-state index contributed by atoms with van der Waals surface area (Å²) in [4.78, 5) is 17.8. The minimum Gasteiger partial charge on any atom is -0.320 e. The largest absolute Gasteiger partial charge is 0.418 e. The van der Waals surface area contributed by atoms with Crippen LogP contribution in [-0.4, -0.2) is 30.9 Å². The summed E-state index contributed by atoms with van der Waals surface area (Å²) in [6, 6.07) is 10.2. The molecule has 0 bridgehead atoms. The van der Waals surface area contributed by atoms with Crippen LogP contribution in [0, 0.1) is 11.8 Å². The predicted octanol–water partition coefficient (Wildman–Crippen LogP) is 5.38. The Kier molecular flexibility index (Phi) is 7.09. The Balaban J connectivity index is 1.58. The molecule has 0 unspecified atom stereocenters. The third-order valence-corrected chi connectivity index (χ3v) is 7.66. The molecule has 0 atom stereocenters. The van der Waals surface area contributed by atoms with Gasteiger partial charge in [0.25, 0.3) is 5.56 Å². The number of hydrogen-bond acceptors (Lipinski definition) is 5. The topological polar surface area (TPSA) is 77.6 Å². The Labute approximate surface area is 225 Å². The molecule has 0 spiro atoms. The second-order valence-electron chi connectivity index (χ2n) is 11.2. The molecule has 1 N–H and O–H groups in total. The lowest BCUT2D eigenvalue weighted by molar-refractivity contribution is -0.136. The number of nitrogens with zero attached hydrogens (tertiary/aromatic N) is 5. The van der Waals surface area contributed by atoms with Crippen molar-refractivity contribution in [2.45, 2.75) is 58.2 Å². The molecular formula is C29H33F3N6O. The van der Waals surface area contributed by atoms with Crippen molar-refractivity contribution in [2.75, 3.05) is 6.54 Å². The fourth-order valence-electron chi connectivity index (χ4n) is 5.77. The van der Waals surface area contributed by atoms with Gasteiger partial charge in [-0.15, -0.1) is 10.2 Å². The molecule has 2 aromatic heterocycles. The molecule has 10 heteroatoms. The van der Waals surface area contributed by atoms with E-state index in [9.17, 15) is 18.0 Å². The number of aryl methyl sites for hydroxylation is 1. The SMILES string of the molecule is CC(C)CCNCc1cc(C(F)(F)F)c2ncn(-c3cccc(C4(c5nncn5C)CC(C)C4)c3)c(=O)c2c1. The van der Waals surface area contributed by atoms with Gasteiger partial charge in [-0.25, -0.2) is 4.98 Å². The Morgan fingerprint density at radius 3 is 2.56 bits per heavy atom. The fraction of sp³-hybridized carbons (Fsp3) is 0.448. The van der Waals surface area contributed by atoms with Crippen LogP contribution in [0.1, 0.15) is 62.5 Å². The molecule has 1 aliphatic carbocycles. The molecule has 0 aliphatic heterocycles. The van der Waals surface area contributed by atoms with Crippen LogP contribution >= 0.6 is 0 Å². The van der Waals surface area contributed by atoms with Gasteiger partial charge in [0.2, 0.25) is 0 Å². The maximum atomic E-state index is 14.0. The minimum absolute atomic E-state index is 0.0568. The zero-order valence-corrected chi connectivity index (χ0v) is 22.6. The molecule has 1 saturated carbocycles. The molecule has 2 aromatic carbocycles. The smallest absolute Gasteiger partial charge is 0.320 e. The second-order valence-corrected chi connectivity index (χ2v) is 11.2. The van der Waals surface area contributed by atoms with E-state index in [-0.39, 0.29) is 22.9 Å². The molecule has 7 nitrogen and oxygen atoms in total. The van der Waals surface area contributed by atoms with E-state index >= 15 is 0 Å². The molecule has 1 aliphatic rings. The average Bonchev–Trinajstić information content (AvgIpc) is 3.30. The lowest BCUT2D eigenvalue weighted by Gasteiger charge is -2.46. The van der Waals surface area contributed by atoms with E-state index in [1.807, 2.05) is 29.8 Å². The predicted molar refractivity (Wildman–Crippen MR) is 144 cm³/mol. The highest BCUT2D eigenvalue weighted by molar-refractivity contribution is 5.82. The molecule has 5 rings (SSSR count). The van der Waals surface area contributed by atoms with Gasteiger partial charge in [-0.2, -0.15) is 13.2 Å². The number of halogens is 3. The maximum Gasteiger partial charge on any atom is 0.418 e. The van der Waals surface area contributed by atoms with E-state index in [2.05, 4.69) is 41.3 Å². The van der Waals surface area contributed by atoms with Gasteiger partial charge >= 0.3 is 6.18 Å². The average molecular weight is 539 g/mol. The highest BCUT2D eigenvalue weighted by atomic mass is 19.4. The Hall–Kier alpha value is -3.53. The molecule has 2 heterocycles. The van der Waals surface area contributed by atoms with Crippen LogP contribution in [0.5, 0.6) is 0 Å². The number of nitrogens with one attached hydrogen (secondary N) is 1. The number of fused-ring (bicyclic) bond motifs is 1. The van der Waals surface area contributed by atoms with Crippen molar-refractivity contribution in [3.63, 3.8) is 0 Å². The van der Waals surface area contributed by atoms with Crippen molar-refractivity contribution in [1.29, 1.82) is 0 Å². The van der Waals surface area contributed by atoms with Crippen molar-refractivity contribution < 1.29 is 13.2 Å². The summed E-state index contributed by atoms with van der Waals surface area (Å²) in [7, 11) is 1.91. The lowest BCUT2D eigenvalue weighted by atomic mass is 9.58. The van der Waals surface area contributed by atoms with E-state index < -0.39 is 17.3 Å². The van der Waals surface area contributed by atoms with Gasteiger partial charge in [-0.3, -0.25) is 9.36 Å². The van der Waals surface area contributed by atoms with Crippen molar-refractivity contribution >= 4 is 10.9 Å². The summed E-state index contributed by atoms with van der Waals surface area (Å²) in [6.07, 6.45) is 0.902. The Bertz CT molecular complexity index is 1550. The summed E-state index contributed by atoms with van der Waals surface area (Å²) < 4.78 is 45.2. The van der Waals surface area contributed by atoms with Gasteiger partial charge in [0.1, 0.15) is 18.5 Å². The van der Waals surface area contributed by atoms with E-state index in [4.69, 9.17) is 0 Å². The molecule has 1 fully saturated rings. The van der Waals surface area contributed by atoms with E-state index in [0.29, 0.717) is 29.6 Å². The highest BCUT2D eigenvalue weighted by Gasteiger charge is 2.48. The van der Waals surface area contributed by atoms with Crippen LogP contribution in [0.2, 0.25) is 0 Å². The van der Waals surface area contributed by atoms with E-state index in [1.54, 1.807) is 12.4 Å². The first kappa shape index (κ1) is 27.1. The third kappa shape index (κ3) is 5.09. The van der Waals surface area contributed by atoms with E-state index in [1.165, 1.54) is 17.0 Å². The van der Waals surface area contributed by atoms with Gasteiger partial charge < -0.3 is 9.88 Å². The monoisotopic (exact) mass is 538 g/mol. The number of aromatic nitrogens is 5.